The minimum atomic E-state index is -0.856. The first kappa shape index (κ1) is 27.7. The van der Waals surface area contributed by atoms with Crippen molar-refractivity contribution in [3.05, 3.63) is 12.2 Å². The molecule has 0 bridgehead atoms. The topological polar surface area (TPSA) is 57.6 Å². The van der Waals surface area contributed by atoms with Crippen molar-refractivity contribution in [2.45, 2.75) is 116 Å². The Hall–Kier alpha value is -0.320. The third kappa shape index (κ3) is 13.0. The van der Waals surface area contributed by atoms with Gasteiger partial charge in [0.1, 0.15) is 6.04 Å². The van der Waals surface area contributed by atoms with Crippen LogP contribution in [0, 0.1) is 0 Å². The van der Waals surface area contributed by atoms with Crippen molar-refractivity contribution in [1.29, 1.82) is 0 Å². The van der Waals surface area contributed by atoms with Crippen LogP contribution >= 0.6 is 0 Å². The molecule has 0 saturated carbocycles. The Labute approximate surface area is 196 Å². The summed E-state index contributed by atoms with van der Waals surface area (Å²) < 4.78 is 0. The van der Waals surface area contributed by atoms with Gasteiger partial charge in [-0.05, 0) is 44.9 Å². The first-order chi connectivity index (χ1) is 13.2. The SMILES string of the molecule is CCCCCCCC/C=C\CCCCCCCC(=O)N1CCC[C@H]1C(=O)O.[H-].[Na+]. The molecule has 0 aliphatic carbocycles. The number of carbonyl (C=O) groups is 2. The minimum absolute atomic E-state index is 0. The predicted molar refractivity (Wildman–Crippen MR) is 113 cm³/mol. The molecular weight excluding hydrogens is 361 g/mol. The molecule has 0 unspecified atom stereocenters. The number of likely N-dealkylation sites (tertiary alicyclic amines) is 1. The third-order valence-corrected chi connectivity index (χ3v) is 5.51. The Morgan fingerprint density at radius 3 is 2.04 bits per heavy atom. The molecule has 1 saturated heterocycles. The number of allylic oxidation sites excluding steroid dienone is 2. The molecule has 0 aromatic heterocycles. The van der Waals surface area contributed by atoms with Crippen molar-refractivity contribution in [2.75, 3.05) is 6.54 Å². The molecule has 1 atom stereocenters. The zero-order valence-electron chi connectivity index (χ0n) is 19.5. The fraction of sp³-hybridized carbons (Fsp3) is 0.826. The molecule has 1 fully saturated rings. The number of amides is 1. The molecule has 28 heavy (non-hydrogen) atoms. The molecule has 1 amide bonds. The Bertz CT molecular complexity index is 446. The van der Waals surface area contributed by atoms with E-state index in [9.17, 15) is 9.59 Å². The number of hydrogen-bond donors (Lipinski definition) is 1. The second-order valence-electron chi connectivity index (χ2n) is 7.92. The van der Waals surface area contributed by atoms with Gasteiger partial charge in [-0.25, -0.2) is 4.79 Å². The van der Waals surface area contributed by atoms with Gasteiger partial charge in [-0.1, -0.05) is 70.4 Å². The van der Waals surface area contributed by atoms with Crippen LogP contribution in [-0.4, -0.2) is 34.5 Å². The van der Waals surface area contributed by atoms with E-state index in [1.807, 2.05) is 0 Å². The normalized spacial score (nSPS) is 16.5. The van der Waals surface area contributed by atoms with Crippen LogP contribution in [0.1, 0.15) is 111 Å². The van der Waals surface area contributed by atoms with E-state index in [0.717, 1.165) is 19.3 Å². The smallest absolute Gasteiger partial charge is 1.00 e. The molecule has 1 rings (SSSR count). The van der Waals surface area contributed by atoms with E-state index in [1.54, 1.807) is 4.90 Å². The van der Waals surface area contributed by atoms with Gasteiger partial charge in [-0.3, -0.25) is 4.79 Å². The van der Waals surface area contributed by atoms with Gasteiger partial charge in [0.25, 0.3) is 0 Å². The summed E-state index contributed by atoms with van der Waals surface area (Å²) in [5.74, 6) is -0.831. The average molecular weight is 404 g/mol. The maximum Gasteiger partial charge on any atom is 1.00 e. The fourth-order valence-electron chi connectivity index (χ4n) is 3.81. The van der Waals surface area contributed by atoms with Crippen LogP contribution < -0.4 is 29.6 Å². The van der Waals surface area contributed by atoms with Crippen LogP contribution in [0.3, 0.4) is 0 Å². The van der Waals surface area contributed by atoms with Crippen molar-refractivity contribution in [2.24, 2.45) is 0 Å². The molecule has 1 N–H and O–H groups in total. The zero-order valence-corrected chi connectivity index (χ0v) is 20.5. The van der Waals surface area contributed by atoms with Gasteiger partial charge in [0.2, 0.25) is 5.91 Å². The van der Waals surface area contributed by atoms with Gasteiger partial charge < -0.3 is 11.4 Å². The van der Waals surface area contributed by atoms with E-state index < -0.39 is 12.0 Å². The van der Waals surface area contributed by atoms with Gasteiger partial charge in [-0.15, -0.1) is 0 Å². The molecule has 0 radical (unpaired) electrons. The van der Waals surface area contributed by atoms with Crippen LogP contribution in [0.15, 0.2) is 12.2 Å². The van der Waals surface area contributed by atoms with Gasteiger partial charge in [0, 0.05) is 13.0 Å². The van der Waals surface area contributed by atoms with Crippen LogP contribution in [0.5, 0.6) is 0 Å². The van der Waals surface area contributed by atoms with Crippen molar-refractivity contribution >= 4 is 11.9 Å². The number of carboxylic acid groups (broad SMARTS) is 1. The van der Waals surface area contributed by atoms with Crippen LogP contribution in [-0.2, 0) is 9.59 Å². The molecular formula is C23H42NNaO3. The summed E-state index contributed by atoms with van der Waals surface area (Å²) in [7, 11) is 0. The summed E-state index contributed by atoms with van der Waals surface area (Å²) >= 11 is 0. The first-order valence-electron chi connectivity index (χ1n) is 11.3. The maximum atomic E-state index is 12.1. The molecule has 0 aromatic rings. The summed E-state index contributed by atoms with van der Waals surface area (Å²) in [5.41, 5.74) is 0. The number of rotatable bonds is 16. The van der Waals surface area contributed by atoms with Crippen LogP contribution in [0.25, 0.3) is 0 Å². The van der Waals surface area contributed by atoms with Crippen LogP contribution in [0.2, 0.25) is 0 Å². The van der Waals surface area contributed by atoms with E-state index in [0.29, 0.717) is 19.4 Å². The van der Waals surface area contributed by atoms with E-state index in [4.69, 9.17) is 5.11 Å². The third-order valence-electron chi connectivity index (χ3n) is 5.51. The van der Waals surface area contributed by atoms with Gasteiger partial charge >= 0.3 is 35.5 Å². The monoisotopic (exact) mass is 403 g/mol. The van der Waals surface area contributed by atoms with E-state index in [-0.39, 0.29) is 36.9 Å². The number of unbranched alkanes of at least 4 members (excludes halogenated alkanes) is 11. The Kier molecular flexibility index (Phi) is 18.5. The minimum Gasteiger partial charge on any atom is -1.00 e. The maximum absolute atomic E-state index is 12.1. The molecule has 5 heteroatoms. The second-order valence-corrected chi connectivity index (χ2v) is 7.92. The Morgan fingerprint density at radius 1 is 0.929 bits per heavy atom. The molecule has 158 valence electrons. The number of carbonyl (C=O) groups excluding carboxylic acids is 1. The van der Waals surface area contributed by atoms with Crippen molar-refractivity contribution in [1.82, 2.24) is 4.90 Å². The Balaban J connectivity index is 0. The molecule has 1 heterocycles. The summed E-state index contributed by atoms with van der Waals surface area (Å²) in [6.45, 7) is 2.87. The van der Waals surface area contributed by atoms with Crippen molar-refractivity contribution in [3.8, 4) is 0 Å². The largest absolute Gasteiger partial charge is 1.00 e. The summed E-state index contributed by atoms with van der Waals surface area (Å²) in [4.78, 5) is 24.8. The number of hydrogen-bond acceptors (Lipinski definition) is 2. The Morgan fingerprint density at radius 2 is 1.46 bits per heavy atom. The number of nitrogens with zero attached hydrogens (tertiary/aromatic N) is 1. The predicted octanol–water partition coefficient (Wildman–Crippen LogP) is 3.22. The number of aliphatic carboxylic acids is 1. The second kappa shape index (κ2) is 18.7. The summed E-state index contributed by atoms with van der Waals surface area (Å²) in [6, 6.07) is -0.583. The van der Waals surface area contributed by atoms with Crippen molar-refractivity contribution in [3.63, 3.8) is 0 Å². The molecule has 0 spiro atoms. The van der Waals surface area contributed by atoms with E-state index in [1.165, 1.54) is 70.6 Å². The van der Waals surface area contributed by atoms with Gasteiger partial charge in [0.15, 0.2) is 0 Å². The van der Waals surface area contributed by atoms with E-state index >= 15 is 0 Å². The number of carboxylic acids is 1. The first-order valence-corrected chi connectivity index (χ1v) is 11.3. The zero-order chi connectivity index (χ0) is 19.7. The fourth-order valence-corrected chi connectivity index (χ4v) is 3.81. The summed E-state index contributed by atoms with van der Waals surface area (Å²) in [5, 5.41) is 9.14. The van der Waals surface area contributed by atoms with Gasteiger partial charge in [0.05, 0.1) is 0 Å². The molecule has 0 aromatic carbocycles. The summed E-state index contributed by atoms with van der Waals surface area (Å²) in [6.07, 6.45) is 22.7. The average Bonchev–Trinajstić information content (AvgIpc) is 3.15. The molecule has 1 aliphatic rings. The quantitative estimate of drug-likeness (QED) is 0.245. The van der Waals surface area contributed by atoms with E-state index in [2.05, 4.69) is 19.1 Å². The van der Waals surface area contributed by atoms with Crippen molar-refractivity contribution < 1.29 is 45.7 Å². The standard InChI is InChI=1S/C23H41NO3.Na.H/c1-2-3-4-5-6-7-8-9-10-11-12-13-14-15-16-19-22(25)24-20-17-18-21(24)23(26)27;;/h9-10,21H,2-8,11-20H2,1H3,(H,26,27);;/q;+1;-1/b10-9-;;/t21-;;/m0../s1. The van der Waals surface area contributed by atoms with Crippen LogP contribution in [0.4, 0.5) is 0 Å². The molecule has 1 aliphatic heterocycles. The van der Waals surface area contributed by atoms with Gasteiger partial charge in [-0.2, -0.15) is 0 Å². The molecule has 4 nitrogen and oxygen atoms in total.